The van der Waals surface area contributed by atoms with Gasteiger partial charge in [0.25, 0.3) is 6.43 Å². The van der Waals surface area contributed by atoms with Crippen LogP contribution < -0.4 is 9.47 Å². The van der Waals surface area contributed by atoms with Crippen molar-refractivity contribution in [3.05, 3.63) is 82.6 Å². The smallest absolute Gasteiger partial charge is 0.387 e. The summed E-state index contributed by atoms with van der Waals surface area (Å²) in [7, 11) is 1.70. The third kappa shape index (κ3) is 6.46. The zero-order valence-electron chi connectivity index (χ0n) is 22.4. The molecule has 0 spiro atoms. The zero-order valence-corrected chi connectivity index (χ0v) is 22.4. The van der Waals surface area contributed by atoms with Gasteiger partial charge in [0, 0.05) is 35.9 Å². The molecule has 0 bridgehead atoms. The van der Waals surface area contributed by atoms with E-state index < -0.39 is 30.4 Å². The molecule has 1 saturated heterocycles. The Morgan fingerprint density at radius 2 is 1.83 bits per heavy atom. The molecule has 2 aromatic heterocycles. The Balaban J connectivity index is 1.22. The third-order valence-electron chi connectivity index (χ3n) is 7.33. The van der Waals surface area contributed by atoms with Crippen molar-refractivity contribution in [2.24, 2.45) is 7.05 Å². The first-order valence-electron chi connectivity index (χ1n) is 13.1. The Kier molecular flexibility index (Phi) is 8.57. The van der Waals surface area contributed by atoms with Gasteiger partial charge >= 0.3 is 12.6 Å². The summed E-state index contributed by atoms with van der Waals surface area (Å²) >= 11 is 0. The molecule has 1 aliphatic rings. The summed E-state index contributed by atoms with van der Waals surface area (Å²) in [5, 5.41) is 9.38. The number of carboxylic acids is 1. The molecule has 222 valence electrons. The lowest BCUT2D eigenvalue weighted by Gasteiger charge is -2.31. The number of alkyl halides is 4. The summed E-state index contributed by atoms with van der Waals surface area (Å²) in [5.74, 6) is -1.31. The number of imidazole rings is 1. The second-order valence-corrected chi connectivity index (χ2v) is 10.0. The number of ether oxygens (including phenoxy) is 2. The van der Waals surface area contributed by atoms with Crippen LogP contribution in [0.1, 0.15) is 58.2 Å². The van der Waals surface area contributed by atoms with Gasteiger partial charge in [-0.05, 0) is 50.2 Å². The van der Waals surface area contributed by atoms with Crippen molar-refractivity contribution in [2.75, 3.05) is 13.1 Å². The standard InChI is InChI=1S/C29H27F5N4O4/c1-37-22-12-19(28(39)40)13-23(42-29(33)34)26(22)36-24(37)14-38-9-7-16(8-10-38)21-3-2-4-25(35-21)41-15-18-6-5-17(27(31)32)11-20(18)30/h2-6,11-13,16,27,29H,7-10,14-15H2,1H3,(H,39,40). The number of carbonyl (C=O) groups is 1. The van der Waals surface area contributed by atoms with Crippen LogP contribution in [-0.4, -0.2) is 50.2 Å². The van der Waals surface area contributed by atoms with E-state index in [1.165, 1.54) is 18.2 Å². The predicted molar refractivity (Wildman–Crippen MR) is 141 cm³/mol. The van der Waals surface area contributed by atoms with Crippen LogP contribution in [0, 0.1) is 5.82 Å². The Labute approximate surface area is 237 Å². The van der Waals surface area contributed by atoms with Crippen molar-refractivity contribution in [3.63, 3.8) is 0 Å². The van der Waals surface area contributed by atoms with Gasteiger partial charge in [-0.15, -0.1) is 0 Å². The summed E-state index contributed by atoms with van der Waals surface area (Å²) in [5.41, 5.74) is 0.936. The quantitative estimate of drug-likeness (QED) is 0.217. The number of halogens is 5. The Hall–Kier alpha value is -4.26. The maximum atomic E-state index is 14.2. The van der Waals surface area contributed by atoms with Gasteiger partial charge in [0.15, 0.2) is 5.75 Å². The summed E-state index contributed by atoms with van der Waals surface area (Å²) in [4.78, 5) is 22.7. The first-order valence-corrected chi connectivity index (χ1v) is 13.1. The van der Waals surface area contributed by atoms with Gasteiger partial charge in [-0.1, -0.05) is 18.2 Å². The van der Waals surface area contributed by atoms with Crippen LogP contribution in [0.4, 0.5) is 22.0 Å². The van der Waals surface area contributed by atoms with Crippen molar-refractivity contribution >= 4 is 17.0 Å². The molecule has 0 atom stereocenters. The Morgan fingerprint density at radius 1 is 1.07 bits per heavy atom. The number of rotatable bonds is 10. The predicted octanol–water partition coefficient (Wildman–Crippen LogP) is 6.30. The molecule has 1 N–H and O–H groups in total. The highest BCUT2D eigenvalue weighted by Crippen LogP contribution is 2.32. The number of benzene rings is 2. The number of pyridine rings is 1. The lowest BCUT2D eigenvalue weighted by atomic mass is 9.93. The highest BCUT2D eigenvalue weighted by Gasteiger charge is 2.25. The molecular weight excluding hydrogens is 563 g/mol. The van der Waals surface area contributed by atoms with E-state index in [0.717, 1.165) is 30.7 Å². The minimum atomic E-state index is -3.13. The lowest BCUT2D eigenvalue weighted by molar-refractivity contribution is -0.0489. The first-order chi connectivity index (χ1) is 20.1. The average molecular weight is 591 g/mol. The second kappa shape index (κ2) is 12.3. The molecule has 2 aromatic carbocycles. The SMILES string of the molecule is Cn1c(CN2CCC(c3cccc(OCc4ccc(C(F)F)cc4F)n3)CC2)nc2c(OC(F)F)cc(C(=O)O)cc21. The highest BCUT2D eigenvalue weighted by molar-refractivity contribution is 5.95. The van der Waals surface area contributed by atoms with Crippen molar-refractivity contribution in [3.8, 4) is 11.6 Å². The van der Waals surface area contributed by atoms with Crippen molar-refractivity contribution in [1.29, 1.82) is 0 Å². The number of likely N-dealkylation sites (tertiary alicyclic amines) is 1. The van der Waals surface area contributed by atoms with Crippen LogP contribution >= 0.6 is 0 Å². The fraction of sp³-hybridized carbons (Fsp3) is 0.345. The number of aryl methyl sites for hydroxylation is 1. The normalized spacial score (nSPS) is 14.7. The average Bonchev–Trinajstić information content (AvgIpc) is 3.27. The van der Waals surface area contributed by atoms with Gasteiger partial charge in [0.1, 0.15) is 23.8 Å². The number of hydrogen-bond donors (Lipinski definition) is 1. The van der Waals surface area contributed by atoms with E-state index in [2.05, 4.69) is 19.6 Å². The van der Waals surface area contributed by atoms with Gasteiger partial charge in [-0.3, -0.25) is 4.90 Å². The minimum Gasteiger partial charge on any atom is -0.478 e. The van der Waals surface area contributed by atoms with E-state index in [1.54, 1.807) is 23.7 Å². The highest BCUT2D eigenvalue weighted by atomic mass is 19.3. The molecule has 0 radical (unpaired) electrons. The van der Waals surface area contributed by atoms with Gasteiger partial charge in [-0.25, -0.2) is 27.9 Å². The zero-order chi connectivity index (χ0) is 30.0. The Bertz CT molecular complexity index is 1590. The van der Waals surface area contributed by atoms with E-state index in [9.17, 15) is 31.9 Å². The summed E-state index contributed by atoms with van der Waals surface area (Å²) < 4.78 is 77.6. The maximum Gasteiger partial charge on any atom is 0.387 e. The summed E-state index contributed by atoms with van der Waals surface area (Å²) in [6.45, 7) is -1.46. The van der Waals surface area contributed by atoms with E-state index in [4.69, 9.17) is 4.74 Å². The van der Waals surface area contributed by atoms with Gasteiger partial charge < -0.3 is 19.1 Å². The number of nitrogens with zero attached hydrogens (tertiary/aromatic N) is 4. The molecule has 1 aliphatic heterocycles. The molecule has 0 amide bonds. The largest absolute Gasteiger partial charge is 0.478 e. The second-order valence-electron chi connectivity index (χ2n) is 10.0. The van der Waals surface area contributed by atoms with E-state index in [1.807, 2.05) is 6.07 Å². The minimum absolute atomic E-state index is 0.136. The van der Waals surface area contributed by atoms with Crippen LogP contribution in [0.15, 0.2) is 48.5 Å². The van der Waals surface area contributed by atoms with Crippen molar-refractivity contribution in [1.82, 2.24) is 19.4 Å². The van der Waals surface area contributed by atoms with Crippen molar-refractivity contribution < 1.29 is 41.3 Å². The fourth-order valence-electron chi connectivity index (χ4n) is 5.05. The van der Waals surface area contributed by atoms with Gasteiger partial charge in [-0.2, -0.15) is 8.78 Å². The van der Waals surface area contributed by atoms with Crippen LogP contribution in [0.25, 0.3) is 11.0 Å². The van der Waals surface area contributed by atoms with Gasteiger partial charge in [0.05, 0.1) is 17.6 Å². The van der Waals surface area contributed by atoms with Crippen LogP contribution in [0.2, 0.25) is 0 Å². The molecule has 4 aromatic rings. The number of aromatic nitrogens is 3. The molecule has 5 rings (SSSR count). The first kappa shape index (κ1) is 29.2. The molecule has 3 heterocycles. The molecule has 0 saturated carbocycles. The summed E-state index contributed by atoms with van der Waals surface area (Å²) in [6, 6.07) is 11.0. The molecule has 42 heavy (non-hydrogen) atoms. The van der Waals surface area contributed by atoms with Crippen molar-refractivity contribution in [2.45, 2.75) is 44.9 Å². The van der Waals surface area contributed by atoms with Crippen LogP contribution in [0.3, 0.4) is 0 Å². The fourth-order valence-corrected chi connectivity index (χ4v) is 5.05. The molecular formula is C29H27F5N4O4. The number of aromatic carboxylic acids is 1. The van der Waals surface area contributed by atoms with Gasteiger partial charge in [0.2, 0.25) is 5.88 Å². The number of carboxylic acid groups (broad SMARTS) is 1. The number of fused-ring (bicyclic) bond motifs is 1. The number of hydrogen-bond acceptors (Lipinski definition) is 6. The molecule has 0 aliphatic carbocycles. The van der Waals surface area contributed by atoms with Crippen LogP contribution in [-0.2, 0) is 20.2 Å². The Morgan fingerprint density at radius 3 is 2.50 bits per heavy atom. The summed E-state index contributed by atoms with van der Waals surface area (Å²) in [6.07, 6.45) is -1.21. The molecule has 0 unspecified atom stereocenters. The monoisotopic (exact) mass is 590 g/mol. The molecule has 8 nitrogen and oxygen atoms in total. The van der Waals surface area contributed by atoms with E-state index in [-0.39, 0.29) is 34.9 Å². The molecule has 13 heteroatoms. The van der Waals surface area contributed by atoms with Crippen LogP contribution in [0.5, 0.6) is 11.6 Å². The number of piperidine rings is 1. The topological polar surface area (TPSA) is 89.7 Å². The third-order valence-corrected chi connectivity index (χ3v) is 7.33. The van der Waals surface area contributed by atoms with E-state index in [0.29, 0.717) is 36.9 Å². The van der Waals surface area contributed by atoms with E-state index >= 15 is 0 Å². The molecule has 1 fully saturated rings. The lowest BCUT2D eigenvalue weighted by Crippen LogP contribution is -2.33. The maximum absolute atomic E-state index is 14.2.